The molecule has 8 heavy (non-hydrogen) atoms. The van der Waals surface area contributed by atoms with E-state index in [-0.39, 0.29) is 11.7 Å². The molecule has 1 aliphatic carbocycles. The molecular formula is C6H10O2. The molecule has 1 saturated carbocycles. The molecule has 0 bridgehead atoms. The molecule has 1 N–H and O–H groups in total. The number of epoxide rings is 1. The summed E-state index contributed by atoms with van der Waals surface area (Å²) in [5.74, 6) is 0. The normalized spacial score (nSPS) is 60.8. The van der Waals surface area contributed by atoms with Crippen molar-refractivity contribution in [3.63, 3.8) is 0 Å². The van der Waals surface area contributed by atoms with Crippen LogP contribution < -0.4 is 0 Å². The lowest BCUT2D eigenvalue weighted by atomic mass is 10.1. The number of rotatable bonds is 0. The Morgan fingerprint density at radius 2 is 2.38 bits per heavy atom. The van der Waals surface area contributed by atoms with Crippen LogP contribution in [0.3, 0.4) is 0 Å². The van der Waals surface area contributed by atoms with Crippen molar-refractivity contribution in [1.29, 1.82) is 0 Å². The maximum atomic E-state index is 9.17. The summed E-state index contributed by atoms with van der Waals surface area (Å²) in [5, 5.41) is 9.17. The summed E-state index contributed by atoms with van der Waals surface area (Å²) in [6, 6.07) is 0. The Hall–Kier alpha value is -0.0800. The predicted molar refractivity (Wildman–Crippen MR) is 28.5 cm³/mol. The van der Waals surface area contributed by atoms with Crippen LogP contribution in [0.15, 0.2) is 0 Å². The quantitative estimate of drug-likeness (QED) is 0.459. The first kappa shape index (κ1) is 4.77. The standard InChI is InChI=1S/C6H10O2/c1-6-4(7)2-3-5(6)8-6/h4-5,7H,2-3H2,1H3/t4-,5-,6+/m0/s1. The molecule has 0 aromatic carbocycles. The molecule has 2 rings (SSSR count). The minimum Gasteiger partial charge on any atom is -0.390 e. The van der Waals surface area contributed by atoms with Gasteiger partial charge in [-0.2, -0.15) is 0 Å². The molecule has 1 aliphatic heterocycles. The second kappa shape index (κ2) is 1.09. The van der Waals surface area contributed by atoms with E-state index >= 15 is 0 Å². The van der Waals surface area contributed by atoms with Crippen LogP contribution in [-0.2, 0) is 4.74 Å². The van der Waals surface area contributed by atoms with Crippen molar-refractivity contribution in [2.75, 3.05) is 0 Å². The summed E-state index contributed by atoms with van der Waals surface area (Å²) in [6.45, 7) is 1.98. The Balaban J connectivity index is 2.19. The second-order valence-electron chi connectivity index (χ2n) is 2.88. The summed E-state index contributed by atoms with van der Waals surface area (Å²) < 4.78 is 5.20. The van der Waals surface area contributed by atoms with E-state index in [1.54, 1.807) is 0 Å². The highest BCUT2D eigenvalue weighted by atomic mass is 16.6. The Bertz CT molecular complexity index is 122. The summed E-state index contributed by atoms with van der Waals surface area (Å²) >= 11 is 0. The van der Waals surface area contributed by atoms with E-state index in [0.29, 0.717) is 6.10 Å². The topological polar surface area (TPSA) is 32.8 Å². The highest BCUT2D eigenvalue weighted by molar-refractivity contribution is 5.09. The number of ether oxygens (including phenoxy) is 1. The van der Waals surface area contributed by atoms with Gasteiger partial charge in [0.05, 0.1) is 12.2 Å². The minimum absolute atomic E-state index is 0.125. The van der Waals surface area contributed by atoms with Crippen molar-refractivity contribution in [2.24, 2.45) is 0 Å². The number of fused-ring (bicyclic) bond motifs is 1. The maximum absolute atomic E-state index is 9.17. The van der Waals surface area contributed by atoms with E-state index in [2.05, 4.69) is 0 Å². The van der Waals surface area contributed by atoms with Crippen LogP contribution in [0.1, 0.15) is 19.8 Å². The van der Waals surface area contributed by atoms with Crippen LogP contribution in [-0.4, -0.2) is 22.9 Å². The van der Waals surface area contributed by atoms with Crippen LogP contribution in [0.2, 0.25) is 0 Å². The largest absolute Gasteiger partial charge is 0.390 e. The van der Waals surface area contributed by atoms with Gasteiger partial charge in [-0.25, -0.2) is 0 Å². The average Bonchev–Trinajstić information content (AvgIpc) is 2.31. The van der Waals surface area contributed by atoms with Gasteiger partial charge >= 0.3 is 0 Å². The van der Waals surface area contributed by atoms with E-state index in [4.69, 9.17) is 4.74 Å². The van der Waals surface area contributed by atoms with Gasteiger partial charge in [0, 0.05) is 0 Å². The molecular weight excluding hydrogens is 104 g/mol. The molecule has 46 valence electrons. The van der Waals surface area contributed by atoms with Crippen molar-refractivity contribution in [1.82, 2.24) is 0 Å². The third-order valence-corrected chi connectivity index (χ3v) is 2.34. The van der Waals surface area contributed by atoms with Gasteiger partial charge in [0.25, 0.3) is 0 Å². The van der Waals surface area contributed by atoms with Gasteiger partial charge in [0.15, 0.2) is 0 Å². The van der Waals surface area contributed by atoms with Crippen LogP contribution >= 0.6 is 0 Å². The molecule has 1 heterocycles. The van der Waals surface area contributed by atoms with E-state index < -0.39 is 0 Å². The van der Waals surface area contributed by atoms with Crippen LogP contribution in [0.25, 0.3) is 0 Å². The SMILES string of the molecule is C[C@]12O[C@H]1CC[C@@H]2O. The summed E-state index contributed by atoms with van der Waals surface area (Å²) in [4.78, 5) is 0. The molecule has 0 spiro atoms. The third kappa shape index (κ3) is 0.361. The summed E-state index contributed by atoms with van der Waals surface area (Å²) in [5.41, 5.74) is -0.125. The number of aliphatic hydroxyl groups excluding tert-OH is 1. The third-order valence-electron chi connectivity index (χ3n) is 2.34. The molecule has 2 nitrogen and oxygen atoms in total. The van der Waals surface area contributed by atoms with E-state index in [9.17, 15) is 5.11 Å². The second-order valence-corrected chi connectivity index (χ2v) is 2.88. The van der Waals surface area contributed by atoms with Gasteiger partial charge in [-0.05, 0) is 19.8 Å². The molecule has 0 radical (unpaired) electrons. The van der Waals surface area contributed by atoms with Crippen molar-refractivity contribution < 1.29 is 9.84 Å². The fraction of sp³-hybridized carbons (Fsp3) is 1.00. The number of hydrogen-bond donors (Lipinski definition) is 1. The predicted octanol–water partition coefficient (Wildman–Crippen LogP) is 0.299. The molecule has 0 aromatic rings. The number of hydrogen-bond acceptors (Lipinski definition) is 2. The van der Waals surface area contributed by atoms with E-state index in [1.165, 1.54) is 0 Å². The average molecular weight is 114 g/mol. The van der Waals surface area contributed by atoms with Crippen LogP contribution in [0.5, 0.6) is 0 Å². The lowest BCUT2D eigenvalue weighted by molar-refractivity contribution is 0.0744. The van der Waals surface area contributed by atoms with Crippen molar-refractivity contribution >= 4 is 0 Å². The Kier molecular flexibility index (Phi) is 0.649. The lowest BCUT2D eigenvalue weighted by Gasteiger charge is -2.06. The molecule has 3 atom stereocenters. The molecule has 0 aromatic heterocycles. The molecule has 1 saturated heterocycles. The van der Waals surface area contributed by atoms with Crippen molar-refractivity contribution in [3.05, 3.63) is 0 Å². The van der Waals surface area contributed by atoms with Crippen molar-refractivity contribution in [3.8, 4) is 0 Å². The maximum Gasteiger partial charge on any atom is 0.118 e. The van der Waals surface area contributed by atoms with Crippen LogP contribution in [0.4, 0.5) is 0 Å². The molecule has 0 amide bonds. The minimum atomic E-state index is -0.188. The summed E-state index contributed by atoms with van der Waals surface area (Å²) in [6.07, 6.45) is 2.18. The van der Waals surface area contributed by atoms with E-state index in [1.807, 2.05) is 6.92 Å². The number of aliphatic hydroxyl groups is 1. The zero-order valence-electron chi connectivity index (χ0n) is 4.92. The Morgan fingerprint density at radius 3 is 2.50 bits per heavy atom. The zero-order chi connectivity index (χ0) is 5.78. The fourth-order valence-corrected chi connectivity index (χ4v) is 1.51. The van der Waals surface area contributed by atoms with Gasteiger partial charge in [-0.3, -0.25) is 0 Å². The molecule has 2 heteroatoms. The monoisotopic (exact) mass is 114 g/mol. The lowest BCUT2D eigenvalue weighted by Crippen LogP contribution is -2.22. The highest BCUT2D eigenvalue weighted by Gasteiger charge is 2.61. The van der Waals surface area contributed by atoms with Gasteiger partial charge in [0.1, 0.15) is 5.60 Å². The first-order chi connectivity index (χ1) is 3.73. The zero-order valence-corrected chi connectivity index (χ0v) is 4.92. The van der Waals surface area contributed by atoms with E-state index in [0.717, 1.165) is 12.8 Å². The Labute approximate surface area is 48.5 Å². The van der Waals surface area contributed by atoms with Gasteiger partial charge in [0.2, 0.25) is 0 Å². The first-order valence-corrected chi connectivity index (χ1v) is 3.09. The van der Waals surface area contributed by atoms with Gasteiger partial charge in [-0.1, -0.05) is 0 Å². The molecule has 2 aliphatic rings. The highest BCUT2D eigenvalue weighted by Crippen LogP contribution is 2.49. The smallest absolute Gasteiger partial charge is 0.118 e. The Morgan fingerprint density at radius 1 is 1.62 bits per heavy atom. The fourth-order valence-electron chi connectivity index (χ4n) is 1.51. The summed E-state index contributed by atoms with van der Waals surface area (Å²) in [7, 11) is 0. The van der Waals surface area contributed by atoms with Crippen LogP contribution in [0, 0.1) is 0 Å². The molecule has 0 unspecified atom stereocenters. The first-order valence-electron chi connectivity index (χ1n) is 3.09. The van der Waals surface area contributed by atoms with Crippen molar-refractivity contribution in [2.45, 2.75) is 37.6 Å². The molecule has 2 fully saturated rings. The van der Waals surface area contributed by atoms with Gasteiger partial charge < -0.3 is 9.84 Å². The van der Waals surface area contributed by atoms with Gasteiger partial charge in [-0.15, -0.1) is 0 Å².